The van der Waals surface area contributed by atoms with Gasteiger partial charge in [-0.1, -0.05) is 44.9 Å². The van der Waals surface area contributed by atoms with Crippen molar-refractivity contribution in [3.05, 3.63) is 34.9 Å². The number of benzene rings is 1. The van der Waals surface area contributed by atoms with E-state index in [0.717, 1.165) is 43.7 Å². The van der Waals surface area contributed by atoms with Crippen LogP contribution in [0.15, 0.2) is 18.2 Å². The van der Waals surface area contributed by atoms with Gasteiger partial charge in [0.15, 0.2) is 5.60 Å². The minimum Gasteiger partial charge on any atom is -0.376 e. The fourth-order valence-electron chi connectivity index (χ4n) is 2.07. The van der Waals surface area contributed by atoms with E-state index in [-0.39, 0.29) is 5.56 Å². The number of halogens is 3. The van der Waals surface area contributed by atoms with Crippen molar-refractivity contribution in [3.63, 3.8) is 0 Å². The molecular formula is C15H21F3O. The maximum absolute atomic E-state index is 12.9. The summed E-state index contributed by atoms with van der Waals surface area (Å²) in [6.07, 6.45) is -1.50. The molecule has 1 unspecified atom stereocenters. The van der Waals surface area contributed by atoms with Crippen LogP contribution in [0.1, 0.15) is 50.3 Å². The molecule has 4 heteroatoms. The molecular weight excluding hydrogens is 253 g/mol. The molecule has 0 fully saturated rings. The van der Waals surface area contributed by atoms with Crippen LogP contribution in [0.2, 0.25) is 0 Å². The summed E-state index contributed by atoms with van der Waals surface area (Å²) < 4.78 is 38.7. The van der Waals surface area contributed by atoms with Crippen molar-refractivity contribution in [1.29, 1.82) is 0 Å². The Balaban J connectivity index is 3.26. The predicted molar refractivity (Wildman–Crippen MR) is 70.1 cm³/mol. The van der Waals surface area contributed by atoms with E-state index in [9.17, 15) is 18.3 Å². The van der Waals surface area contributed by atoms with Crippen LogP contribution >= 0.6 is 0 Å². The lowest BCUT2D eigenvalue weighted by Crippen LogP contribution is -2.39. The molecule has 0 aliphatic carbocycles. The van der Waals surface area contributed by atoms with Crippen molar-refractivity contribution >= 4 is 0 Å². The Hall–Kier alpha value is -1.03. The molecule has 1 nitrogen and oxygen atoms in total. The van der Waals surface area contributed by atoms with Gasteiger partial charge in [0.1, 0.15) is 0 Å². The van der Waals surface area contributed by atoms with E-state index in [4.69, 9.17) is 0 Å². The highest BCUT2D eigenvalue weighted by Gasteiger charge is 2.51. The van der Waals surface area contributed by atoms with Crippen molar-refractivity contribution in [2.24, 2.45) is 0 Å². The monoisotopic (exact) mass is 274 g/mol. The number of hydrogen-bond donors (Lipinski definition) is 1. The molecule has 0 aliphatic rings. The SMILES string of the molecule is CCCc1cc(CCC)cc(C(C)(O)C(F)(F)F)c1. The van der Waals surface area contributed by atoms with Crippen LogP contribution in [0.4, 0.5) is 13.2 Å². The first kappa shape index (κ1) is 16.0. The summed E-state index contributed by atoms with van der Waals surface area (Å²) in [5.41, 5.74) is -1.14. The molecule has 1 aromatic rings. The molecule has 0 radical (unpaired) electrons. The van der Waals surface area contributed by atoms with Gasteiger partial charge in [0.05, 0.1) is 0 Å². The minimum absolute atomic E-state index is 0.0607. The second-order valence-electron chi connectivity index (χ2n) is 5.11. The van der Waals surface area contributed by atoms with E-state index < -0.39 is 11.8 Å². The van der Waals surface area contributed by atoms with Gasteiger partial charge in [-0.15, -0.1) is 0 Å². The molecule has 1 aromatic carbocycles. The van der Waals surface area contributed by atoms with Crippen LogP contribution in [0.3, 0.4) is 0 Å². The van der Waals surface area contributed by atoms with Crippen molar-refractivity contribution in [2.45, 2.75) is 58.2 Å². The number of alkyl halides is 3. The molecule has 0 saturated carbocycles. The lowest BCUT2D eigenvalue weighted by atomic mass is 9.90. The average molecular weight is 274 g/mol. The van der Waals surface area contributed by atoms with Crippen molar-refractivity contribution < 1.29 is 18.3 Å². The minimum atomic E-state index is -4.67. The zero-order valence-corrected chi connectivity index (χ0v) is 11.6. The molecule has 1 rings (SSSR count). The van der Waals surface area contributed by atoms with E-state index in [2.05, 4.69) is 0 Å². The third-order valence-corrected chi connectivity index (χ3v) is 3.24. The van der Waals surface area contributed by atoms with Crippen LogP contribution in [0.5, 0.6) is 0 Å². The van der Waals surface area contributed by atoms with Crippen LogP contribution in [-0.2, 0) is 18.4 Å². The molecule has 0 bridgehead atoms. The van der Waals surface area contributed by atoms with E-state index in [1.165, 1.54) is 12.1 Å². The predicted octanol–water partition coefficient (Wildman–Crippen LogP) is 4.36. The van der Waals surface area contributed by atoms with Gasteiger partial charge < -0.3 is 5.11 Å². The number of rotatable bonds is 5. The molecule has 0 saturated heterocycles. The maximum Gasteiger partial charge on any atom is 0.421 e. The van der Waals surface area contributed by atoms with Crippen molar-refractivity contribution in [2.75, 3.05) is 0 Å². The molecule has 0 heterocycles. The zero-order chi connectivity index (χ0) is 14.7. The summed E-state index contributed by atoms with van der Waals surface area (Å²) in [5, 5.41) is 9.78. The first-order valence-corrected chi connectivity index (χ1v) is 6.64. The Bertz CT molecular complexity index is 398. The van der Waals surface area contributed by atoms with Crippen LogP contribution in [0, 0.1) is 0 Å². The summed E-state index contributed by atoms with van der Waals surface area (Å²) in [6, 6.07) is 4.87. The lowest BCUT2D eigenvalue weighted by Gasteiger charge is -2.27. The van der Waals surface area contributed by atoms with Gasteiger partial charge in [0.25, 0.3) is 0 Å². The first-order valence-electron chi connectivity index (χ1n) is 6.64. The van der Waals surface area contributed by atoms with Gasteiger partial charge in [-0.05, 0) is 36.5 Å². The number of hydrogen-bond acceptors (Lipinski definition) is 1. The van der Waals surface area contributed by atoms with Gasteiger partial charge in [0, 0.05) is 0 Å². The fourth-order valence-corrected chi connectivity index (χ4v) is 2.07. The second-order valence-corrected chi connectivity index (χ2v) is 5.11. The summed E-state index contributed by atoms with van der Waals surface area (Å²) in [4.78, 5) is 0. The standard InChI is InChI=1S/C15H21F3O/c1-4-6-11-8-12(7-5-2)10-13(9-11)14(3,19)15(16,17)18/h8-10,19H,4-7H2,1-3H3. The Morgan fingerprint density at radius 3 is 1.68 bits per heavy atom. The van der Waals surface area contributed by atoms with Crippen LogP contribution < -0.4 is 0 Å². The van der Waals surface area contributed by atoms with Crippen LogP contribution in [-0.4, -0.2) is 11.3 Å². The molecule has 0 aromatic heterocycles. The van der Waals surface area contributed by atoms with Gasteiger partial charge in [-0.3, -0.25) is 0 Å². The number of aryl methyl sites for hydroxylation is 2. The Morgan fingerprint density at radius 1 is 0.947 bits per heavy atom. The quantitative estimate of drug-likeness (QED) is 0.845. The molecule has 1 N–H and O–H groups in total. The molecule has 1 atom stereocenters. The van der Waals surface area contributed by atoms with E-state index in [1.807, 2.05) is 19.9 Å². The van der Waals surface area contributed by atoms with E-state index in [0.29, 0.717) is 0 Å². The summed E-state index contributed by atoms with van der Waals surface area (Å²) in [7, 11) is 0. The highest BCUT2D eigenvalue weighted by molar-refractivity contribution is 5.34. The Morgan fingerprint density at radius 2 is 1.37 bits per heavy atom. The Kier molecular flexibility index (Phi) is 5.02. The maximum atomic E-state index is 12.9. The first-order chi connectivity index (χ1) is 8.72. The molecule has 0 amide bonds. The third-order valence-electron chi connectivity index (χ3n) is 3.24. The Labute approximate surface area is 112 Å². The van der Waals surface area contributed by atoms with Gasteiger partial charge in [0.2, 0.25) is 0 Å². The molecule has 0 aliphatic heterocycles. The number of aliphatic hydroxyl groups is 1. The van der Waals surface area contributed by atoms with E-state index in [1.54, 1.807) is 0 Å². The largest absolute Gasteiger partial charge is 0.421 e. The normalized spacial score (nSPS) is 15.3. The van der Waals surface area contributed by atoms with Crippen molar-refractivity contribution in [1.82, 2.24) is 0 Å². The molecule has 0 spiro atoms. The molecule has 108 valence electrons. The summed E-state index contributed by atoms with van der Waals surface area (Å²) in [6.45, 7) is 4.77. The second kappa shape index (κ2) is 5.95. The third kappa shape index (κ3) is 3.72. The average Bonchev–Trinajstić information content (AvgIpc) is 2.28. The fraction of sp³-hybridized carbons (Fsp3) is 0.600. The highest BCUT2D eigenvalue weighted by atomic mass is 19.4. The topological polar surface area (TPSA) is 20.2 Å². The molecule has 19 heavy (non-hydrogen) atoms. The van der Waals surface area contributed by atoms with Gasteiger partial charge >= 0.3 is 6.18 Å². The van der Waals surface area contributed by atoms with Gasteiger partial charge in [-0.2, -0.15) is 13.2 Å². The smallest absolute Gasteiger partial charge is 0.376 e. The van der Waals surface area contributed by atoms with E-state index >= 15 is 0 Å². The zero-order valence-electron chi connectivity index (χ0n) is 11.6. The summed E-state index contributed by atoms with van der Waals surface area (Å²) >= 11 is 0. The highest BCUT2D eigenvalue weighted by Crippen LogP contribution is 2.39. The van der Waals surface area contributed by atoms with Crippen LogP contribution in [0.25, 0.3) is 0 Å². The van der Waals surface area contributed by atoms with Gasteiger partial charge in [-0.25, -0.2) is 0 Å². The lowest BCUT2D eigenvalue weighted by molar-refractivity contribution is -0.258. The summed E-state index contributed by atoms with van der Waals surface area (Å²) in [5.74, 6) is 0. The van der Waals surface area contributed by atoms with Crippen molar-refractivity contribution in [3.8, 4) is 0 Å².